The van der Waals surface area contributed by atoms with Crippen LogP contribution in [0.2, 0.25) is 5.02 Å². The number of aryl methyl sites for hydroxylation is 1. The van der Waals surface area contributed by atoms with Gasteiger partial charge < -0.3 is 4.42 Å². The third-order valence-corrected chi connectivity index (χ3v) is 5.78. The van der Waals surface area contributed by atoms with Gasteiger partial charge in [0, 0.05) is 33.4 Å². The zero-order chi connectivity index (χ0) is 18.4. The SMILES string of the molecule is CCc1ccc2c(c1-c1ccccc1Cl)C=C(c1occ3ccccc13)C2. The molecule has 4 aromatic rings. The van der Waals surface area contributed by atoms with E-state index in [0.29, 0.717) is 0 Å². The lowest BCUT2D eigenvalue weighted by molar-refractivity contribution is 0.557. The standard InChI is InChI=1S/C25H19ClO/c1-2-16-11-12-17-13-19(25-20-8-4-3-7-18(20)15-27-25)14-22(17)24(16)21-9-5-6-10-23(21)26/h3-12,14-15H,2,13H2,1H3. The molecule has 0 atom stereocenters. The van der Waals surface area contributed by atoms with Gasteiger partial charge in [-0.25, -0.2) is 0 Å². The highest BCUT2D eigenvalue weighted by Gasteiger charge is 2.23. The Morgan fingerprint density at radius 1 is 0.963 bits per heavy atom. The van der Waals surface area contributed by atoms with Crippen LogP contribution in [0.4, 0.5) is 0 Å². The minimum Gasteiger partial charge on any atom is -0.463 e. The van der Waals surface area contributed by atoms with Crippen molar-refractivity contribution >= 4 is 34.0 Å². The van der Waals surface area contributed by atoms with Crippen LogP contribution >= 0.6 is 11.6 Å². The fourth-order valence-corrected chi connectivity index (χ4v) is 4.35. The highest BCUT2D eigenvalue weighted by atomic mass is 35.5. The molecule has 1 nitrogen and oxygen atoms in total. The fourth-order valence-electron chi connectivity index (χ4n) is 4.12. The van der Waals surface area contributed by atoms with Gasteiger partial charge in [0.1, 0.15) is 5.76 Å². The molecule has 0 saturated carbocycles. The van der Waals surface area contributed by atoms with E-state index in [0.717, 1.165) is 34.6 Å². The smallest absolute Gasteiger partial charge is 0.138 e. The Labute approximate surface area is 163 Å². The van der Waals surface area contributed by atoms with E-state index in [-0.39, 0.29) is 0 Å². The van der Waals surface area contributed by atoms with Crippen LogP contribution in [0.15, 0.2) is 71.3 Å². The summed E-state index contributed by atoms with van der Waals surface area (Å²) in [4.78, 5) is 0. The lowest BCUT2D eigenvalue weighted by Crippen LogP contribution is -1.95. The van der Waals surface area contributed by atoms with Gasteiger partial charge in [-0.2, -0.15) is 0 Å². The van der Waals surface area contributed by atoms with Gasteiger partial charge in [0.25, 0.3) is 0 Å². The van der Waals surface area contributed by atoms with Crippen molar-refractivity contribution in [1.82, 2.24) is 0 Å². The summed E-state index contributed by atoms with van der Waals surface area (Å²) in [6.07, 6.45) is 5.99. The van der Waals surface area contributed by atoms with Gasteiger partial charge in [0.05, 0.1) is 6.26 Å². The van der Waals surface area contributed by atoms with Gasteiger partial charge in [-0.05, 0) is 40.8 Å². The number of hydrogen-bond acceptors (Lipinski definition) is 1. The molecule has 27 heavy (non-hydrogen) atoms. The van der Waals surface area contributed by atoms with E-state index in [9.17, 15) is 0 Å². The first-order valence-electron chi connectivity index (χ1n) is 9.33. The van der Waals surface area contributed by atoms with Crippen molar-refractivity contribution in [2.24, 2.45) is 0 Å². The summed E-state index contributed by atoms with van der Waals surface area (Å²) in [5.74, 6) is 0.977. The summed E-state index contributed by atoms with van der Waals surface area (Å²) in [5.41, 5.74) is 7.52. The predicted molar refractivity (Wildman–Crippen MR) is 114 cm³/mol. The van der Waals surface area contributed by atoms with Gasteiger partial charge in [-0.1, -0.05) is 73.1 Å². The van der Waals surface area contributed by atoms with Crippen LogP contribution in [-0.4, -0.2) is 0 Å². The van der Waals surface area contributed by atoms with E-state index >= 15 is 0 Å². The maximum absolute atomic E-state index is 6.56. The first-order valence-corrected chi connectivity index (χ1v) is 9.71. The number of allylic oxidation sites excluding steroid dienone is 1. The first-order chi connectivity index (χ1) is 13.3. The molecule has 2 heteroatoms. The van der Waals surface area contributed by atoms with Crippen LogP contribution < -0.4 is 0 Å². The predicted octanol–water partition coefficient (Wildman–Crippen LogP) is 7.41. The average Bonchev–Trinajstić information content (AvgIpc) is 3.31. The van der Waals surface area contributed by atoms with Crippen LogP contribution in [0.5, 0.6) is 0 Å². The summed E-state index contributed by atoms with van der Waals surface area (Å²) in [6, 6.07) is 20.9. The summed E-state index contributed by atoms with van der Waals surface area (Å²) in [7, 11) is 0. The second kappa shape index (κ2) is 6.44. The monoisotopic (exact) mass is 370 g/mol. The Kier molecular flexibility index (Phi) is 3.91. The second-order valence-electron chi connectivity index (χ2n) is 7.00. The molecule has 0 fully saturated rings. The molecule has 1 aliphatic rings. The zero-order valence-corrected chi connectivity index (χ0v) is 15.9. The Hall–Kier alpha value is -2.77. The highest BCUT2D eigenvalue weighted by Crippen LogP contribution is 2.43. The van der Waals surface area contributed by atoms with Gasteiger partial charge in [0.2, 0.25) is 0 Å². The normalized spacial score (nSPS) is 13.0. The quantitative estimate of drug-likeness (QED) is 0.366. The summed E-state index contributed by atoms with van der Waals surface area (Å²) < 4.78 is 5.96. The second-order valence-corrected chi connectivity index (χ2v) is 7.41. The molecule has 0 N–H and O–H groups in total. The van der Waals surface area contributed by atoms with E-state index in [1.807, 2.05) is 24.5 Å². The van der Waals surface area contributed by atoms with Gasteiger partial charge >= 0.3 is 0 Å². The van der Waals surface area contributed by atoms with E-state index in [1.54, 1.807) is 0 Å². The fraction of sp³-hybridized carbons (Fsp3) is 0.120. The van der Waals surface area contributed by atoms with Gasteiger partial charge in [-0.3, -0.25) is 0 Å². The molecule has 5 rings (SSSR count). The number of hydrogen-bond donors (Lipinski definition) is 0. The molecule has 0 saturated heterocycles. The van der Waals surface area contributed by atoms with E-state index < -0.39 is 0 Å². The molecule has 0 amide bonds. The molecular weight excluding hydrogens is 352 g/mol. The summed E-state index contributed by atoms with van der Waals surface area (Å²) >= 11 is 6.56. The molecule has 0 unspecified atom stereocenters. The van der Waals surface area contributed by atoms with E-state index in [4.69, 9.17) is 16.0 Å². The zero-order valence-electron chi connectivity index (χ0n) is 15.1. The molecule has 1 aliphatic carbocycles. The molecule has 3 aromatic carbocycles. The van der Waals surface area contributed by atoms with Crippen LogP contribution in [0, 0.1) is 0 Å². The van der Waals surface area contributed by atoms with Crippen molar-refractivity contribution < 1.29 is 4.42 Å². The molecular formula is C25H19ClO. The van der Waals surface area contributed by atoms with Crippen molar-refractivity contribution in [2.75, 3.05) is 0 Å². The maximum atomic E-state index is 6.56. The van der Waals surface area contributed by atoms with E-state index in [2.05, 4.69) is 55.5 Å². The molecule has 1 heterocycles. The Morgan fingerprint density at radius 3 is 2.63 bits per heavy atom. The maximum Gasteiger partial charge on any atom is 0.138 e. The van der Waals surface area contributed by atoms with Crippen LogP contribution in [-0.2, 0) is 12.8 Å². The van der Waals surface area contributed by atoms with Crippen molar-refractivity contribution in [3.63, 3.8) is 0 Å². The molecule has 132 valence electrons. The molecule has 0 spiro atoms. The summed E-state index contributed by atoms with van der Waals surface area (Å²) in [5, 5.41) is 3.11. The van der Waals surface area contributed by atoms with Crippen molar-refractivity contribution in [3.05, 3.63) is 94.4 Å². The highest BCUT2D eigenvalue weighted by molar-refractivity contribution is 6.33. The number of fused-ring (bicyclic) bond motifs is 2. The number of benzene rings is 3. The molecule has 0 radical (unpaired) electrons. The number of furan rings is 1. The van der Waals surface area contributed by atoms with Crippen LogP contribution in [0.3, 0.4) is 0 Å². The van der Waals surface area contributed by atoms with Crippen molar-refractivity contribution in [2.45, 2.75) is 19.8 Å². The van der Waals surface area contributed by atoms with Crippen molar-refractivity contribution in [3.8, 4) is 11.1 Å². The van der Waals surface area contributed by atoms with Crippen LogP contribution in [0.1, 0.15) is 29.4 Å². The molecule has 0 aliphatic heterocycles. The van der Waals surface area contributed by atoms with Crippen LogP contribution in [0.25, 0.3) is 33.5 Å². The van der Waals surface area contributed by atoms with Gasteiger partial charge in [0.15, 0.2) is 0 Å². The lowest BCUT2D eigenvalue weighted by atomic mass is 9.91. The lowest BCUT2D eigenvalue weighted by Gasteiger charge is -2.14. The average molecular weight is 371 g/mol. The van der Waals surface area contributed by atoms with E-state index in [1.165, 1.54) is 33.2 Å². The number of rotatable bonds is 3. The summed E-state index contributed by atoms with van der Waals surface area (Å²) in [6.45, 7) is 2.20. The Bertz CT molecular complexity index is 1200. The number of halogens is 1. The third-order valence-electron chi connectivity index (χ3n) is 5.45. The largest absolute Gasteiger partial charge is 0.463 e. The third kappa shape index (κ3) is 2.62. The Morgan fingerprint density at radius 2 is 1.78 bits per heavy atom. The minimum absolute atomic E-state index is 0.797. The van der Waals surface area contributed by atoms with Crippen molar-refractivity contribution in [1.29, 1.82) is 0 Å². The topological polar surface area (TPSA) is 13.1 Å². The molecule has 1 aromatic heterocycles. The van der Waals surface area contributed by atoms with Gasteiger partial charge in [-0.15, -0.1) is 0 Å². The first kappa shape index (κ1) is 16.4. The molecule has 0 bridgehead atoms. The Balaban J connectivity index is 1.72. The minimum atomic E-state index is 0.797.